The van der Waals surface area contributed by atoms with Crippen molar-refractivity contribution in [1.82, 2.24) is 0 Å². The van der Waals surface area contributed by atoms with E-state index in [1.807, 2.05) is 24.3 Å². The van der Waals surface area contributed by atoms with Crippen LogP contribution in [0.15, 0.2) is 54.9 Å². The number of nitriles is 1. The molecular weight excluding hydrogens is 256 g/mol. The van der Waals surface area contributed by atoms with Gasteiger partial charge in [0.2, 0.25) is 0 Å². The molecule has 0 heterocycles. The third kappa shape index (κ3) is 3.30. The molecule has 20 heavy (non-hydrogen) atoms. The Bertz CT molecular complexity index is 652. The molecule has 1 nitrogen and oxygen atoms in total. The number of hydrogen-bond acceptors (Lipinski definition) is 1. The Morgan fingerprint density at radius 2 is 1.75 bits per heavy atom. The molecule has 2 aromatic carbocycles. The zero-order valence-corrected chi connectivity index (χ0v) is 10.8. The van der Waals surface area contributed by atoms with Crippen LogP contribution in [-0.2, 0) is 6.42 Å². The standard InChI is InChI=1S/C17H13F2N/c18-10-2-1-3-13-4-6-14(7-5-13)15-8-9-16(12-20)17(19)11-15/h2,4-11H,1,3H2. The van der Waals surface area contributed by atoms with Crippen LogP contribution in [0.4, 0.5) is 8.78 Å². The maximum Gasteiger partial charge on any atom is 0.141 e. The van der Waals surface area contributed by atoms with Gasteiger partial charge in [-0.3, -0.25) is 0 Å². The molecule has 0 aliphatic carbocycles. The number of hydrogen-bond donors (Lipinski definition) is 0. The van der Waals surface area contributed by atoms with Crippen molar-refractivity contribution >= 4 is 0 Å². The molecular formula is C17H13F2N. The van der Waals surface area contributed by atoms with Crippen LogP contribution in [0.5, 0.6) is 0 Å². The van der Waals surface area contributed by atoms with Crippen molar-refractivity contribution in [3.8, 4) is 17.2 Å². The van der Waals surface area contributed by atoms with Gasteiger partial charge in [0.25, 0.3) is 0 Å². The van der Waals surface area contributed by atoms with E-state index in [2.05, 4.69) is 0 Å². The molecule has 0 bridgehead atoms. The Labute approximate surface area is 116 Å². The maximum absolute atomic E-state index is 13.6. The fourth-order valence-corrected chi connectivity index (χ4v) is 1.96. The van der Waals surface area contributed by atoms with Crippen molar-refractivity contribution in [1.29, 1.82) is 5.26 Å². The van der Waals surface area contributed by atoms with Crippen LogP contribution in [0.3, 0.4) is 0 Å². The molecule has 0 amide bonds. The van der Waals surface area contributed by atoms with Gasteiger partial charge in [-0.05, 0) is 41.7 Å². The van der Waals surface area contributed by atoms with E-state index in [0.717, 1.165) is 23.1 Å². The second-order valence-electron chi connectivity index (χ2n) is 4.40. The Kier molecular flexibility index (Phi) is 4.62. The van der Waals surface area contributed by atoms with Crippen molar-refractivity contribution in [3.05, 3.63) is 71.8 Å². The van der Waals surface area contributed by atoms with E-state index < -0.39 is 5.82 Å². The van der Waals surface area contributed by atoms with Crippen molar-refractivity contribution in [2.75, 3.05) is 0 Å². The van der Waals surface area contributed by atoms with Gasteiger partial charge < -0.3 is 0 Å². The summed E-state index contributed by atoms with van der Waals surface area (Å²) in [4.78, 5) is 0. The largest absolute Gasteiger partial charge is 0.216 e. The summed E-state index contributed by atoms with van der Waals surface area (Å²) in [5.41, 5.74) is 2.76. The monoisotopic (exact) mass is 269 g/mol. The molecule has 0 fully saturated rings. The lowest BCUT2D eigenvalue weighted by Gasteiger charge is -2.04. The summed E-state index contributed by atoms with van der Waals surface area (Å²) in [6, 6.07) is 14.0. The minimum absolute atomic E-state index is 0.0448. The highest BCUT2D eigenvalue weighted by Crippen LogP contribution is 2.22. The van der Waals surface area contributed by atoms with Crippen molar-refractivity contribution in [2.24, 2.45) is 0 Å². The summed E-state index contributed by atoms with van der Waals surface area (Å²) in [5.74, 6) is -0.512. The molecule has 3 heteroatoms. The quantitative estimate of drug-likeness (QED) is 0.783. The third-order valence-electron chi connectivity index (χ3n) is 3.07. The fraction of sp³-hybridized carbons (Fsp3) is 0.118. The zero-order valence-electron chi connectivity index (χ0n) is 10.8. The number of nitrogens with zero attached hydrogens (tertiary/aromatic N) is 1. The van der Waals surface area contributed by atoms with Crippen molar-refractivity contribution in [2.45, 2.75) is 12.8 Å². The Balaban J connectivity index is 2.17. The maximum atomic E-state index is 13.6. The second-order valence-corrected chi connectivity index (χ2v) is 4.40. The lowest BCUT2D eigenvalue weighted by molar-refractivity contribution is 0.624. The fourth-order valence-electron chi connectivity index (χ4n) is 1.96. The summed E-state index contributed by atoms with van der Waals surface area (Å²) in [6.07, 6.45) is 3.45. The highest BCUT2D eigenvalue weighted by atomic mass is 19.1. The molecule has 0 aromatic heterocycles. The van der Waals surface area contributed by atoms with E-state index >= 15 is 0 Å². The van der Waals surface area contributed by atoms with Gasteiger partial charge in [0.15, 0.2) is 0 Å². The van der Waals surface area contributed by atoms with E-state index in [4.69, 9.17) is 5.26 Å². The Hall–Kier alpha value is -2.47. The van der Waals surface area contributed by atoms with Gasteiger partial charge in [0.1, 0.15) is 11.9 Å². The normalized spacial score (nSPS) is 10.7. The molecule has 2 rings (SSSR count). The van der Waals surface area contributed by atoms with Crippen LogP contribution in [0.2, 0.25) is 0 Å². The molecule has 0 spiro atoms. The molecule has 0 radical (unpaired) electrons. The number of aryl methyl sites for hydroxylation is 1. The average molecular weight is 269 g/mol. The van der Waals surface area contributed by atoms with E-state index in [-0.39, 0.29) is 5.56 Å². The molecule has 2 aromatic rings. The highest BCUT2D eigenvalue weighted by Gasteiger charge is 2.04. The molecule has 0 unspecified atom stereocenters. The minimum Gasteiger partial charge on any atom is -0.216 e. The third-order valence-corrected chi connectivity index (χ3v) is 3.07. The number of benzene rings is 2. The predicted molar refractivity (Wildman–Crippen MR) is 75.1 cm³/mol. The summed E-state index contributed by atoms with van der Waals surface area (Å²) in [6.45, 7) is 0. The summed E-state index contributed by atoms with van der Waals surface area (Å²) < 4.78 is 25.4. The average Bonchev–Trinajstić information content (AvgIpc) is 2.48. The summed E-state index contributed by atoms with van der Waals surface area (Å²) in [7, 11) is 0. The van der Waals surface area contributed by atoms with Gasteiger partial charge in [0.05, 0.1) is 11.9 Å². The highest BCUT2D eigenvalue weighted by molar-refractivity contribution is 5.64. The molecule has 0 saturated heterocycles. The summed E-state index contributed by atoms with van der Waals surface area (Å²) in [5, 5.41) is 8.70. The van der Waals surface area contributed by atoms with Crippen LogP contribution >= 0.6 is 0 Å². The van der Waals surface area contributed by atoms with Gasteiger partial charge in [0, 0.05) is 0 Å². The smallest absolute Gasteiger partial charge is 0.141 e. The summed E-state index contributed by atoms with van der Waals surface area (Å²) >= 11 is 0. The lowest BCUT2D eigenvalue weighted by Crippen LogP contribution is -1.87. The number of allylic oxidation sites excluding steroid dienone is 1. The first-order valence-electron chi connectivity index (χ1n) is 6.29. The van der Waals surface area contributed by atoms with Gasteiger partial charge >= 0.3 is 0 Å². The molecule has 0 aliphatic rings. The Morgan fingerprint density at radius 1 is 1.05 bits per heavy atom. The van der Waals surface area contributed by atoms with Crippen molar-refractivity contribution in [3.63, 3.8) is 0 Å². The van der Waals surface area contributed by atoms with E-state index in [9.17, 15) is 8.78 Å². The first-order valence-corrected chi connectivity index (χ1v) is 6.29. The van der Waals surface area contributed by atoms with Crippen LogP contribution in [-0.4, -0.2) is 0 Å². The first-order chi connectivity index (χ1) is 9.74. The SMILES string of the molecule is N#Cc1ccc(-c2ccc(CCC=CF)cc2)cc1F. The number of rotatable bonds is 4. The minimum atomic E-state index is -0.512. The van der Waals surface area contributed by atoms with Gasteiger partial charge in [-0.15, -0.1) is 0 Å². The van der Waals surface area contributed by atoms with E-state index in [1.54, 1.807) is 12.1 Å². The van der Waals surface area contributed by atoms with Gasteiger partial charge in [-0.2, -0.15) is 5.26 Å². The molecule has 0 N–H and O–H groups in total. The van der Waals surface area contributed by atoms with E-state index in [1.165, 1.54) is 18.2 Å². The Morgan fingerprint density at radius 3 is 2.35 bits per heavy atom. The van der Waals surface area contributed by atoms with Crippen LogP contribution in [0, 0.1) is 17.1 Å². The van der Waals surface area contributed by atoms with E-state index in [0.29, 0.717) is 12.8 Å². The molecule has 0 aliphatic heterocycles. The topological polar surface area (TPSA) is 23.8 Å². The molecule has 0 saturated carbocycles. The molecule has 0 atom stereocenters. The van der Waals surface area contributed by atoms with Gasteiger partial charge in [-0.25, -0.2) is 8.78 Å². The first kappa shape index (κ1) is 14.0. The van der Waals surface area contributed by atoms with Gasteiger partial charge in [-0.1, -0.05) is 36.4 Å². The molecule has 100 valence electrons. The van der Waals surface area contributed by atoms with Crippen molar-refractivity contribution < 1.29 is 8.78 Å². The zero-order chi connectivity index (χ0) is 14.4. The number of halogens is 2. The second kappa shape index (κ2) is 6.63. The predicted octanol–water partition coefficient (Wildman–Crippen LogP) is 4.78. The van der Waals surface area contributed by atoms with Crippen LogP contribution in [0.1, 0.15) is 17.5 Å². The van der Waals surface area contributed by atoms with Crippen LogP contribution in [0.25, 0.3) is 11.1 Å². The van der Waals surface area contributed by atoms with Crippen LogP contribution < -0.4 is 0 Å². The lowest BCUT2D eigenvalue weighted by atomic mass is 10.0.